The largest absolute Gasteiger partial charge is 0.289 e. The third kappa shape index (κ3) is 5.78. The number of carbonyl (C=O) groups excluding carboxylic acids is 4. The molecule has 0 N–H and O–H groups in total. The van der Waals surface area contributed by atoms with E-state index in [0.29, 0.717) is 44.5 Å². The lowest BCUT2D eigenvalue weighted by molar-refractivity contribution is 0.103. The summed E-state index contributed by atoms with van der Waals surface area (Å²) in [5.41, 5.74) is 13.0. The fourth-order valence-corrected chi connectivity index (χ4v) is 8.36. The van der Waals surface area contributed by atoms with Crippen LogP contribution in [0.5, 0.6) is 0 Å². The Morgan fingerprint density at radius 3 is 0.621 bits per heavy atom. The molecule has 0 aliphatic heterocycles. The van der Waals surface area contributed by atoms with Gasteiger partial charge in [0.25, 0.3) is 0 Å². The van der Waals surface area contributed by atoms with Gasteiger partial charge in [0.1, 0.15) is 0 Å². The van der Waals surface area contributed by atoms with Gasteiger partial charge in [0.2, 0.25) is 0 Å². The summed E-state index contributed by atoms with van der Waals surface area (Å²) in [7, 11) is 0. The first kappa shape index (κ1) is 34.7. The minimum Gasteiger partial charge on any atom is -0.289 e. The summed E-state index contributed by atoms with van der Waals surface area (Å²) in [5, 5.41) is 0. The first-order valence-corrected chi connectivity index (χ1v) is 19.2. The average molecular weight is 745 g/mol. The Hall–Kier alpha value is -7.82. The second-order valence-electron chi connectivity index (χ2n) is 14.6. The molecule has 0 unspecified atom stereocenters. The number of ketones is 4. The molecule has 0 aromatic heterocycles. The van der Waals surface area contributed by atoms with Crippen LogP contribution in [-0.2, 0) is 0 Å². The Balaban J connectivity index is 1.26. The van der Waals surface area contributed by atoms with E-state index < -0.39 is 0 Å². The zero-order valence-corrected chi connectivity index (χ0v) is 31.1. The van der Waals surface area contributed by atoms with Crippen LogP contribution in [0.2, 0.25) is 0 Å². The molecule has 4 heteroatoms. The van der Waals surface area contributed by atoms with Crippen molar-refractivity contribution in [3.8, 4) is 22.3 Å². The highest BCUT2D eigenvalue weighted by molar-refractivity contribution is 6.22. The molecule has 8 aromatic carbocycles. The molecule has 0 saturated heterocycles. The monoisotopic (exact) mass is 744 g/mol. The zero-order chi connectivity index (χ0) is 39.3. The van der Waals surface area contributed by atoms with Crippen LogP contribution < -0.4 is 0 Å². The van der Waals surface area contributed by atoms with E-state index in [0.717, 1.165) is 55.7 Å². The van der Waals surface area contributed by atoms with Crippen molar-refractivity contribution >= 4 is 34.3 Å². The summed E-state index contributed by atoms with van der Waals surface area (Å²) >= 11 is 0. The van der Waals surface area contributed by atoms with Gasteiger partial charge >= 0.3 is 0 Å². The highest BCUT2D eigenvalue weighted by Gasteiger charge is 2.35. The molecular weight excluding hydrogens is 713 g/mol. The summed E-state index contributed by atoms with van der Waals surface area (Å²) in [5.74, 6) is -0.436. The minimum absolute atomic E-state index is 0.109. The van der Waals surface area contributed by atoms with Crippen LogP contribution in [0.1, 0.15) is 85.9 Å². The Morgan fingerprint density at radius 1 is 0.207 bits per heavy atom. The normalized spacial score (nSPS) is 12.0. The van der Waals surface area contributed by atoms with Crippen LogP contribution in [0.25, 0.3) is 33.4 Å². The third-order valence-corrected chi connectivity index (χ3v) is 11.2. The van der Waals surface area contributed by atoms with Crippen LogP contribution in [0.3, 0.4) is 0 Å². The Morgan fingerprint density at radius 2 is 0.414 bits per heavy atom. The van der Waals surface area contributed by atoms with Crippen molar-refractivity contribution in [2.24, 2.45) is 0 Å². The number of fused-ring (bicyclic) bond motifs is 6. The fourth-order valence-electron chi connectivity index (χ4n) is 8.36. The van der Waals surface area contributed by atoms with Crippen LogP contribution >= 0.6 is 0 Å². The van der Waals surface area contributed by atoms with Gasteiger partial charge in [-0.25, -0.2) is 0 Å². The Kier molecular flexibility index (Phi) is 8.39. The molecule has 4 nitrogen and oxygen atoms in total. The van der Waals surface area contributed by atoms with Gasteiger partial charge in [-0.2, -0.15) is 0 Å². The van der Waals surface area contributed by atoms with Gasteiger partial charge in [0.15, 0.2) is 23.1 Å². The van der Waals surface area contributed by atoms with Crippen molar-refractivity contribution < 1.29 is 19.2 Å². The quantitative estimate of drug-likeness (QED) is 0.145. The van der Waals surface area contributed by atoms with Crippen LogP contribution in [0.15, 0.2) is 194 Å². The molecule has 0 heterocycles. The molecule has 8 aromatic rings. The van der Waals surface area contributed by atoms with Gasteiger partial charge < -0.3 is 0 Å². The van der Waals surface area contributed by atoms with Crippen molar-refractivity contribution in [3.05, 3.63) is 261 Å². The number of hydrogen-bond donors (Lipinski definition) is 0. The van der Waals surface area contributed by atoms with Crippen LogP contribution in [0, 0.1) is 0 Å². The van der Waals surface area contributed by atoms with Gasteiger partial charge in [0, 0.05) is 44.5 Å². The maximum atomic E-state index is 14.0. The van der Waals surface area contributed by atoms with E-state index >= 15 is 0 Å². The van der Waals surface area contributed by atoms with E-state index in [-0.39, 0.29) is 23.1 Å². The van der Waals surface area contributed by atoms with Crippen molar-refractivity contribution in [3.63, 3.8) is 0 Å². The summed E-state index contributed by atoms with van der Waals surface area (Å²) in [6.07, 6.45) is 0. The smallest absolute Gasteiger partial charge is 0.193 e. The predicted octanol–water partition coefficient (Wildman–Crippen LogP) is 11.6. The third-order valence-electron chi connectivity index (χ3n) is 11.2. The number of rotatable bonds is 8. The van der Waals surface area contributed by atoms with Gasteiger partial charge in [-0.1, -0.05) is 170 Å². The highest BCUT2D eigenvalue weighted by atomic mass is 16.1. The van der Waals surface area contributed by atoms with Gasteiger partial charge in [0.05, 0.1) is 0 Å². The second kappa shape index (κ2) is 14.0. The molecule has 0 radical (unpaired) electrons. The second-order valence-corrected chi connectivity index (χ2v) is 14.6. The molecule has 58 heavy (non-hydrogen) atoms. The minimum atomic E-state index is -0.109. The average Bonchev–Trinajstić information content (AvgIpc) is 3.79. The van der Waals surface area contributed by atoms with Crippen LogP contribution in [0.4, 0.5) is 0 Å². The Labute approximate surface area is 335 Å². The maximum absolute atomic E-state index is 14.0. The van der Waals surface area contributed by atoms with Crippen molar-refractivity contribution in [2.45, 2.75) is 0 Å². The van der Waals surface area contributed by atoms with Crippen molar-refractivity contribution in [1.82, 2.24) is 0 Å². The SMILES string of the molecule is O=C(c1ccccc1)c1ccc2c(c1)C(=C1c3cc(C(=O)c4ccccc4)ccc3-c3ccc(C(=O)c4ccccc4)cc31)c1cc(C(=O)c3ccccc3)ccc1-2. The summed E-state index contributed by atoms with van der Waals surface area (Å²) in [6, 6.07) is 60.0. The topological polar surface area (TPSA) is 68.3 Å². The number of carbonyl (C=O) groups is 4. The summed E-state index contributed by atoms with van der Waals surface area (Å²) in [4.78, 5) is 56.1. The van der Waals surface area contributed by atoms with Gasteiger partial charge in [-0.15, -0.1) is 0 Å². The lowest BCUT2D eigenvalue weighted by atomic mass is 9.88. The molecule has 0 amide bonds. The molecule has 2 aliphatic carbocycles. The standard InChI is InChI=1S/C54H32O4/c55-51(33-13-5-1-6-14-33)37-21-25-41-42-26-22-38(52(56)34-15-7-2-8-16-34)30-46(42)49(45(41)29-37)50-47-31-39(53(57)35-17-9-3-10-18-35)23-27-43(47)44-28-24-40(32-48(44)50)54(58)36-19-11-4-12-20-36/h1-32H. The van der Waals surface area contributed by atoms with E-state index in [4.69, 9.17) is 0 Å². The molecule has 0 fully saturated rings. The first-order valence-electron chi connectivity index (χ1n) is 19.2. The molecule has 2 aliphatic rings. The highest BCUT2D eigenvalue weighted by Crippen LogP contribution is 2.55. The lowest BCUT2D eigenvalue weighted by Crippen LogP contribution is -2.04. The zero-order valence-electron chi connectivity index (χ0n) is 31.1. The number of benzene rings is 8. The fraction of sp³-hybridized carbons (Fsp3) is 0. The van der Waals surface area contributed by atoms with Gasteiger partial charge in [-0.3, -0.25) is 19.2 Å². The van der Waals surface area contributed by atoms with E-state index in [1.807, 2.05) is 194 Å². The molecule has 0 atom stereocenters. The summed E-state index contributed by atoms with van der Waals surface area (Å²) in [6.45, 7) is 0. The van der Waals surface area contributed by atoms with E-state index in [2.05, 4.69) is 0 Å². The first-order chi connectivity index (χ1) is 28.4. The Bertz CT molecular complexity index is 2620. The lowest BCUT2D eigenvalue weighted by Gasteiger charge is -2.14. The molecule has 0 bridgehead atoms. The maximum Gasteiger partial charge on any atom is 0.193 e. The molecule has 0 spiro atoms. The molecule has 0 saturated carbocycles. The molecule has 10 rings (SSSR count). The molecule has 272 valence electrons. The van der Waals surface area contributed by atoms with Crippen molar-refractivity contribution in [1.29, 1.82) is 0 Å². The van der Waals surface area contributed by atoms with Crippen molar-refractivity contribution in [2.75, 3.05) is 0 Å². The van der Waals surface area contributed by atoms with E-state index in [1.165, 1.54) is 0 Å². The number of hydrogen-bond acceptors (Lipinski definition) is 4. The van der Waals surface area contributed by atoms with E-state index in [9.17, 15) is 19.2 Å². The molecular formula is C54H32O4. The van der Waals surface area contributed by atoms with E-state index in [1.54, 1.807) is 0 Å². The summed E-state index contributed by atoms with van der Waals surface area (Å²) < 4.78 is 0. The predicted molar refractivity (Wildman–Crippen MR) is 228 cm³/mol. The van der Waals surface area contributed by atoms with Gasteiger partial charge in [-0.05, 0) is 79.9 Å². The van der Waals surface area contributed by atoms with Crippen LogP contribution in [-0.4, -0.2) is 23.1 Å².